The lowest BCUT2D eigenvalue weighted by molar-refractivity contribution is -0.155. The van der Waals surface area contributed by atoms with Crippen molar-refractivity contribution in [3.05, 3.63) is 29.8 Å². The van der Waals surface area contributed by atoms with Crippen molar-refractivity contribution in [1.82, 2.24) is 4.90 Å². The standard InChI is InChI=1S/C15H18N2O3/c1-15(14(19)20)7-4-8-17(15)13(18)12-9-10-5-2-3-6-11(10)16-12/h2-3,5-6,12,16H,4,7-9H2,1H3,(H,19,20). The molecule has 3 rings (SSSR count). The lowest BCUT2D eigenvalue weighted by Crippen LogP contribution is -2.54. The van der Waals surface area contributed by atoms with Gasteiger partial charge in [-0.2, -0.15) is 0 Å². The molecule has 5 heteroatoms. The molecule has 1 saturated heterocycles. The number of nitrogens with zero attached hydrogens (tertiary/aromatic N) is 1. The SMILES string of the molecule is CC1(C(=O)O)CCCN1C(=O)C1Cc2ccccc2N1. The van der Waals surface area contributed by atoms with Crippen LogP contribution in [0.3, 0.4) is 0 Å². The minimum atomic E-state index is -1.06. The highest BCUT2D eigenvalue weighted by molar-refractivity contribution is 5.93. The first-order valence-electron chi connectivity index (χ1n) is 6.92. The number of hydrogen-bond donors (Lipinski definition) is 2. The van der Waals surface area contributed by atoms with Crippen LogP contribution in [-0.4, -0.2) is 40.0 Å². The number of carbonyl (C=O) groups is 2. The number of hydrogen-bond acceptors (Lipinski definition) is 3. The van der Waals surface area contributed by atoms with E-state index in [-0.39, 0.29) is 11.9 Å². The molecule has 1 aromatic carbocycles. The maximum absolute atomic E-state index is 12.6. The number of carbonyl (C=O) groups excluding carboxylic acids is 1. The van der Waals surface area contributed by atoms with Crippen LogP contribution in [0.5, 0.6) is 0 Å². The number of likely N-dealkylation sites (tertiary alicyclic amines) is 1. The molecule has 0 bridgehead atoms. The van der Waals surface area contributed by atoms with Crippen LogP contribution in [-0.2, 0) is 16.0 Å². The zero-order valence-electron chi connectivity index (χ0n) is 11.4. The summed E-state index contributed by atoms with van der Waals surface area (Å²) >= 11 is 0. The number of benzene rings is 1. The van der Waals surface area contributed by atoms with Crippen LogP contribution in [0.15, 0.2) is 24.3 Å². The molecule has 0 aliphatic carbocycles. The van der Waals surface area contributed by atoms with E-state index in [4.69, 9.17) is 0 Å². The Morgan fingerprint density at radius 1 is 1.40 bits per heavy atom. The van der Waals surface area contributed by atoms with Crippen LogP contribution in [0.2, 0.25) is 0 Å². The zero-order chi connectivity index (χ0) is 14.3. The van der Waals surface area contributed by atoms with Crippen LogP contribution >= 0.6 is 0 Å². The van der Waals surface area contributed by atoms with Crippen molar-refractivity contribution < 1.29 is 14.7 Å². The summed E-state index contributed by atoms with van der Waals surface area (Å²) in [5.74, 6) is -1.03. The number of carboxylic acid groups (broad SMARTS) is 1. The van der Waals surface area contributed by atoms with Crippen LogP contribution in [0.1, 0.15) is 25.3 Å². The second-order valence-electron chi connectivity index (χ2n) is 5.73. The van der Waals surface area contributed by atoms with Gasteiger partial charge < -0.3 is 15.3 Å². The molecule has 0 radical (unpaired) electrons. The van der Waals surface area contributed by atoms with Crippen molar-refractivity contribution in [3.63, 3.8) is 0 Å². The van der Waals surface area contributed by atoms with E-state index >= 15 is 0 Å². The van der Waals surface area contributed by atoms with Crippen molar-refractivity contribution in [1.29, 1.82) is 0 Å². The largest absolute Gasteiger partial charge is 0.480 e. The highest BCUT2D eigenvalue weighted by Gasteiger charge is 2.47. The lowest BCUT2D eigenvalue weighted by atomic mass is 9.98. The monoisotopic (exact) mass is 274 g/mol. The van der Waals surface area contributed by atoms with Gasteiger partial charge in [-0.15, -0.1) is 0 Å². The highest BCUT2D eigenvalue weighted by Crippen LogP contribution is 2.33. The Kier molecular flexibility index (Phi) is 2.92. The normalized spacial score (nSPS) is 28.1. The zero-order valence-corrected chi connectivity index (χ0v) is 11.4. The molecule has 2 aliphatic heterocycles. The molecule has 2 aliphatic rings. The van der Waals surface area contributed by atoms with Crippen LogP contribution < -0.4 is 5.32 Å². The van der Waals surface area contributed by atoms with Gasteiger partial charge in [-0.1, -0.05) is 18.2 Å². The molecule has 2 heterocycles. The van der Waals surface area contributed by atoms with Crippen molar-refractivity contribution in [2.45, 2.75) is 37.8 Å². The minimum Gasteiger partial charge on any atom is -0.480 e. The number of nitrogens with one attached hydrogen (secondary N) is 1. The summed E-state index contributed by atoms with van der Waals surface area (Å²) in [5.41, 5.74) is 1.03. The Morgan fingerprint density at radius 2 is 2.15 bits per heavy atom. The molecule has 0 saturated carbocycles. The Labute approximate surface area is 117 Å². The topological polar surface area (TPSA) is 69.6 Å². The summed E-state index contributed by atoms with van der Waals surface area (Å²) in [6.07, 6.45) is 1.89. The van der Waals surface area contributed by atoms with Gasteiger partial charge in [-0.05, 0) is 31.4 Å². The van der Waals surface area contributed by atoms with Crippen molar-refractivity contribution >= 4 is 17.6 Å². The average Bonchev–Trinajstić information content (AvgIpc) is 3.02. The first-order chi connectivity index (χ1) is 9.52. The molecule has 2 N–H and O–H groups in total. The maximum atomic E-state index is 12.6. The Bertz CT molecular complexity index is 547. The van der Waals surface area contributed by atoms with Crippen LogP contribution in [0, 0.1) is 0 Å². The Hall–Kier alpha value is -2.04. The van der Waals surface area contributed by atoms with E-state index in [1.54, 1.807) is 6.92 Å². The van der Waals surface area contributed by atoms with Gasteiger partial charge in [0, 0.05) is 18.7 Å². The average molecular weight is 274 g/mol. The summed E-state index contributed by atoms with van der Waals surface area (Å²) < 4.78 is 0. The molecule has 1 amide bonds. The van der Waals surface area contributed by atoms with Crippen LogP contribution in [0.4, 0.5) is 5.69 Å². The Balaban J connectivity index is 1.80. The smallest absolute Gasteiger partial charge is 0.329 e. The first-order valence-corrected chi connectivity index (χ1v) is 6.92. The van der Waals surface area contributed by atoms with E-state index in [1.165, 1.54) is 4.90 Å². The van der Waals surface area contributed by atoms with Gasteiger partial charge in [0.1, 0.15) is 11.6 Å². The third-order valence-electron chi connectivity index (χ3n) is 4.44. The lowest BCUT2D eigenvalue weighted by Gasteiger charge is -2.33. The quantitative estimate of drug-likeness (QED) is 0.857. The number of anilines is 1. The van der Waals surface area contributed by atoms with Gasteiger partial charge in [0.2, 0.25) is 5.91 Å². The van der Waals surface area contributed by atoms with Gasteiger partial charge >= 0.3 is 5.97 Å². The Morgan fingerprint density at radius 3 is 2.85 bits per heavy atom. The summed E-state index contributed by atoms with van der Waals surface area (Å²) in [6, 6.07) is 7.48. The number of rotatable bonds is 2. The number of amides is 1. The van der Waals surface area contributed by atoms with Crippen LogP contribution in [0.25, 0.3) is 0 Å². The molecular formula is C15H18N2O3. The molecule has 2 atom stereocenters. The fourth-order valence-electron chi connectivity index (χ4n) is 3.17. The van der Waals surface area contributed by atoms with Gasteiger partial charge in [-0.3, -0.25) is 4.79 Å². The highest BCUT2D eigenvalue weighted by atomic mass is 16.4. The summed E-state index contributed by atoms with van der Waals surface area (Å²) in [6.45, 7) is 2.17. The van der Waals surface area contributed by atoms with Crippen molar-refractivity contribution in [2.24, 2.45) is 0 Å². The third kappa shape index (κ3) is 1.85. The maximum Gasteiger partial charge on any atom is 0.329 e. The summed E-state index contributed by atoms with van der Waals surface area (Å²) in [4.78, 5) is 25.6. The molecule has 106 valence electrons. The van der Waals surface area contributed by atoms with Gasteiger partial charge in [0.25, 0.3) is 0 Å². The van der Waals surface area contributed by atoms with Crippen molar-refractivity contribution in [2.75, 3.05) is 11.9 Å². The van der Waals surface area contributed by atoms with E-state index in [0.29, 0.717) is 19.4 Å². The van der Waals surface area contributed by atoms with Gasteiger partial charge in [0.15, 0.2) is 0 Å². The fourth-order valence-corrected chi connectivity index (χ4v) is 3.17. The number of para-hydroxylation sites is 1. The number of aliphatic carboxylic acids is 1. The molecule has 1 fully saturated rings. The third-order valence-corrected chi connectivity index (χ3v) is 4.44. The molecule has 2 unspecified atom stereocenters. The number of fused-ring (bicyclic) bond motifs is 1. The second kappa shape index (κ2) is 4.51. The molecule has 20 heavy (non-hydrogen) atoms. The molecule has 5 nitrogen and oxygen atoms in total. The van der Waals surface area contributed by atoms with Crippen molar-refractivity contribution in [3.8, 4) is 0 Å². The van der Waals surface area contributed by atoms with Gasteiger partial charge in [0.05, 0.1) is 0 Å². The number of carboxylic acids is 1. The summed E-state index contributed by atoms with van der Waals surface area (Å²) in [5, 5.41) is 12.6. The fraction of sp³-hybridized carbons (Fsp3) is 0.467. The van der Waals surface area contributed by atoms with E-state index in [1.807, 2.05) is 24.3 Å². The molecule has 0 aromatic heterocycles. The molecular weight excluding hydrogens is 256 g/mol. The second-order valence-corrected chi connectivity index (χ2v) is 5.73. The summed E-state index contributed by atoms with van der Waals surface area (Å²) in [7, 11) is 0. The van der Waals surface area contributed by atoms with E-state index < -0.39 is 11.5 Å². The predicted molar refractivity (Wildman–Crippen MR) is 74.5 cm³/mol. The van der Waals surface area contributed by atoms with E-state index in [9.17, 15) is 14.7 Å². The molecule has 0 spiro atoms. The minimum absolute atomic E-state index is 0.108. The van der Waals surface area contributed by atoms with Gasteiger partial charge in [-0.25, -0.2) is 4.79 Å². The van der Waals surface area contributed by atoms with E-state index in [0.717, 1.165) is 17.7 Å². The first kappa shape index (κ1) is 13.0. The van der Waals surface area contributed by atoms with E-state index in [2.05, 4.69) is 5.32 Å². The predicted octanol–water partition coefficient (Wildman–Crippen LogP) is 1.49. The molecule has 1 aromatic rings.